The third-order valence-electron chi connectivity index (χ3n) is 3.53. The molecule has 0 aromatic carbocycles. The fourth-order valence-electron chi connectivity index (χ4n) is 2.27. The van der Waals surface area contributed by atoms with E-state index in [0.717, 1.165) is 25.0 Å². The minimum atomic E-state index is 0.370. The molecule has 0 radical (unpaired) electrons. The van der Waals surface area contributed by atoms with Crippen molar-refractivity contribution >= 4 is 11.3 Å². The van der Waals surface area contributed by atoms with Crippen molar-refractivity contribution in [2.24, 2.45) is 0 Å². The number of nitrogens with zero attached hydrogens (tertiary/aromatic N) is 1. The van der Waals surface area contributed by atoms with Crippen LogP contribution in [0.25, 0.3) is 0 Å². The molecule has 2 aromatic rings. The quantitative estimate of drug-likeness (QED) is 0.867. The van der Waals surface area contributed by atoms with Crippen molar-refractivity contribution in [1.29, 1.82) is 0 Å². The lowest BCUT2D eigenvalue weighted by molar-refractivity contribution is 0.589. The van der Waals surface area contributed by atoms with Crippen molar-refractivity contribution in [1.82, 2.24) is 10.3 Å². The topological polar surface area (TPSA) is 24.9 Å². The highest BCUT2D eigenvalue weighted by Crippen LogP contribution is 2.27. The van der Waals surface area contributed by atoms with Crippen LogP contribution >= 0.6 is 11.3 Å². The molecule has 0 aliphatic rings. The summed E-state index contributed by atoms with van der Waals surface area (Å²) in [7, 11) is 2.03. The van der Waals surface area contributed by atoms with Crippen LogP contribution < -0.4 is 5.32 Å². The summed E-state index contributed by atoms with van der Waals surface area (Å²) >= 11 is 1.84. The van der Waals surface area contributed by atoms with Crippen molar-refractivity contribution < 1.29 is 0 Å². The first-order valence-electron chi connectivity index (χ1n) is 6.95. The van der Waals surface area contributed by atoms with Crippen LogP contribution in [0.2, 0.25) is 0 Å². The third-order valence-corrected chi connectivity index (χ3v) is 4.61. The van der Waals surface area contributed by atoms with Gasteiger partial charge in [-0.05, 0) is 48.5 Å². The van der Waals surface area contributed by atoms with Gasteiger partial charge in [0.05, 0.1) is 0 Å². The average Bonchev–Trinajstić information content (AvgIpc) is 2.93. The van der Waals surface area contributed by atoms with Gasteiger partial charge in [-0.3, -0.25) is 4.98 Å². The fourth-order valence-corrected chi connectivity index (χ4v) is 3.37. The molecule has 0 saturated carbocycles. The maximum Gasteiger partial charge on any atom is 0.0471 e. The monoisotopic (exact) mass is 274 g/mol. The summed E-state index contributed by atoms with van der Waals surface area (Å²) in [5.74, 6) is 0. The average molecular weight is 274 g/mol. The third kappa shape index (κ3) is 3.43. The summed E-state index contributed by atoms with van der Waals surface area (Å²) in [6.07, 6.45) is 5.10. The number of likely N-dealkylation sites (N-methyl/N-ethyl adjacent to an activating group) is 1. The van der Waals surface area contributed by atoms with Crippen LogP contribution in [0.15, 0.2) is 29.8 Å². The smallest absolute Gasteiger partial charge is 0.0471 e. The van der Waals surface area contributed by atoms with E-state index in [0.29, 0.717) is 6.04 Å². The molecule has 0 aliphatic carbocycles. The van der Waals surface area contributed by atoms with E-state index >= 15 is 0 Å². The zero-order valence-electron chi connectivity index (χ0n) is 11.9. The van der Waals surface area contributed by atoms with Crippen LogP contribution in [0.3, 0.4) is 0 Å². The Morgan fingerprint density at radius 3 is 2.63 bits per heavy atom. The number of pyridine rings is 1. The van der Waals surface area contributed by atoms with Gasteiger partial charge in [0.2, 0.25) is 0 Å². The second kappa shape index (κ2) is 6.83. The van der Waals surface area contributed by atoms with Crippen LogP contribution in [-0.2, 0) is 19.3 Å². The maximum absolute atomic E-state index is 4.57. The predicted molar refractivity (Wildman–Crippen MR) is 82.8 cm³/mol. The van der Waals surface area contributed by atoms with E-state index in [1.165, 1.54) is 16.0 Å². The van der Waals surface area contributed by atoms with Gasteiger partial charge >= 0.3 is 0 Å². The molecule has 2 rings (SSSR count). The van der Waals surface area contributed by atoms with Gasteiger partial charge < -0.3 is 5.32 Å². The highest BCUT2D eigenvalue weighted by atomic mass is 32.1. The van der Waals surface area contributed by atoms with Crippen LogP contribution in [-0.4, -0.2) is 12.0 Å². The Morgan fingerprint density at radius 1 is 1.21 bits per heavy atom. The summed E-state index contributed by atoms with van der Waals surface area (Å²) in [4.78, 5) is 6.02. The zero-order valence-corrected chi connectivity index (χ0v) is 12.8. The number of rotatable bonds is 6. The minimum absolute atomic E-state index is 0.370. The lowest BCUT2D eigenvalue weighted by Crippen LogP contribution is -2.19. The summed E-state index contributed by atoms with van der Waals surface area (Å²) in [5.41, 5.74) is 3.91. The Labute approximate surface area is 119 Å². The van der Waals surface area contributed by atoms with E-state index in [9.17, 15) is 0 Å². The number of hydrogen-bond donors (Lipinski definition) is 1. The molecule has 19 heavy (non-hydrogen) atoms. The van der Waals surface area contributed by atoms with Crippen molar-refractivity contribution in [2.45, 2.75) is 39.2 Å². The number of hydrogen-bond acceptors (Lipinski definition) is 3. The summed E-state index contributed by atoms with van der Waals surface area (Å²) in [5, 5.41) is 5.61. The Morgan fingerprint density at radius 2 is 2.05 bits per heavy atom. The van der Waals surface area contributed by atoms with Crippen LogP contribution in [0.5, 0.6) is 0 Å². The molecule has 3 heteroatoms. The summed E-state index contributed by atoms with van der Waals surface area (Å²) < 4.78 is 0. The molecule has 1 N–H and O–H groups in total. The first-order valence-corrected chi connectivity index (χ1v) is 7.83. The number of nitrogens with one attached hydrogen (secondary N) is 1. The molecular weight excluding hydrogens is 252 g/mol. The lowest BCUT2D eigenvalue weighted by Gasteiger charge is -2.16. The highest BCUT2D eigenvalue weighted by molar-refractivity contribution is 7.10. The van der Waals surface area contributed by atoms with Gasteiger partial charge in [-0.1, -0.05) is 19.9 Å². The van der Waals surface area contributed by atoms with Crippen LogP contribution in [0.1, 0.15) is 41.6 Å². The first kappa shape index (κ1) is 14.2. The summed E-state index contributed by atoms with van der Waals surface area (Å²) in [6, 6.07) is 6.94. The first-order chi connectivity index (χ1) is 9.28. The van der Waals surface area contributed by atoms with Gasteiger partial charge in [-0.2, -0.15) is 0 Å². The van der Waals surface area contributed by atoms with Gasteiger partial charge in [0.15, 0.2) is 0 Å². The fraction of sp³-hybridized carbons (Fsp3) is 0.438. The molecule has 0 spiro atoms. The normalized spacial score (nSPS) is 12.6. The molecule has 0 bridgehead atoms. The van der Waals surface area contributed by atoms with E-state index in [-0.39, 0.29) is 0 Å². The zero-order chi connectivity index (χ0) is 13.7. The molecule has 2 heterocycles. The van der Waals surface area contributed by atoms with Gasteiger partial charge in [0, 0.05) is 29.2 Å². The SMILES string of the molecule is CCc1ccc(CC(NC)c2sccc2CC)nc1. The van der Waals surface area contributed by atoms with Gasteiger partial charge in [-0.25, -0.2) is 0 Å². The molecule has 1 atom stereocenters. The van der Waals surface area contributed by atoms with Gasteiger partial charge in [0.1, 0.15) is 0 Å². The van der Waals surface area contributed by atoms with E-state index in [4.69, 9.17) is 0 Å². The molecule has 1 unspecified atom stereocenters. The molecule has 2 nitrogen and oxygen atoms in total. The van der Waals surface area contributed by atoms with E-state index < -0.39 is 0 Å². The van der Waals surface area contributed by atoms with Crippen molar-refractivity contribution in [3.8, 4) is 0 Å². The standard InChI is InChI=1S/C16H22N2S/c1-4-12-6-7-14(18-11-12)10-15(17-3)16-13(5-2)8-9-19-16/h6-9,11,15,17H,4-5,10H2,1-3H3. The Balaban J connectivity index is 2.14. The molecule has 2 aromatic heterocycles. The Kier molecular flexibility index (Phi) is 5.11. The second-order valence-electron chi connectivity index (χ2n) is 4.72. The molecule has 0 fully saturated rings. The molecule has 0 amide bonds. The van der Waals surface area contributed by atoms with E-state index in [1.54, 1.807) is 0 Å². The minimum Gasteiger partial charge on any atom is -0.312 e. The van der Waals surface area contributed by atoms with Crippen LogP contribution in [0.4, 0.5) is 0 Å². The molecule has 0 saturated heterocycles. The van der Waals surface area contributed by atoms with Gasteiger partial charge in [-0.15, -0.1) is 11.3 Å². The van der Waals surface area contributed by atoms with E-state index in [2.05, 4.69) is 47.7 Å². The second-order valence-corrected chi connectivity index (χ2v) is 5.67. The Hall–Kier alpha value is -1.19. The predicted octanol–water partition coefficient (Wildman–Crippen LogP) is 3.77. The van der Waals surface area contributed by atoms with Crippen molar-refractivity contribution in [2.75, 3.05) is 7.05 Å². The van der Waals surface area contributed by atoms with Crippen molar-refractivity contribution in [3.05, 3.63) is 51.5 Å². The maximum atomic E-state index is 4.57. The summed E-state index contributed by atoms with van der Waals surface area (Å²) in [6.45, 7) is 4.37. The van der Waals surface area contributed by atoms with Crippen molar-refractivity contribution in [3.63, 3.8) is 0 Å². The number of aromatic nitrogens is 1. The molecule has 102 valence electrons. The highest BCUT2D eigenvalue weighted by Gasteiger charge is 2.15. The van der Waals surface area contributed by atoms with E-state index in [1.807, 2.05) is 24.6 Å². The van der Waals surface area contributed by atoms with Gasteiger partial charge in [0.25, 0.3) is 0 Å². The molecular formula is C16H22N2S. The Bertz CT molecular complexity index is 502. The number of thiophene rings is 1. The number of aryl methyl sites for hydroxylation is 2. The molecule has 0 aliphatic heterocycles. The lowest BCUT2D eigenvalue weighted by atomic mass is 10.0. The van der Waals surface area contributed by atoms with Crippen LogP contribution in [0, 0.1) is 0 Å². The largest absolute Gasteiger partial charge is 0.312 e.